The standard InChI is InChI=1S/C14H14N2O2S/c17-14(18)12-5-6-16(8-10-7-15-9-19-10)13-4-2-1-3-11(12)13/h1-4,7,9,12H,5-6,8H2,(H,17,18). The molecule has 1 atom stereocenters. The molecule has 0 fully saturated rings. The first-order valence-electron chi connectivity index (χ1n) is 6.20. The van der Waals surface area contributed by atoms with Crippen LogP contribution in [0.5, 0.6) is 0 Å². The summed E-state index contributed by atoms with van der Waals surface area (Å²) in [5, 5.41) is 9.30. The van der Waals surface area contributed by atoms with E-state index in [9.17, 15) is 9.90 Å². The number of fused-ring (bicyclic) bond motifs is 1. The van der Waals surface area contributed by atoms with Crippen molar-refractivity contribution in [1.82, 2.24) is 4.98 Å². The Morgan fingerprint density at radius 2 is 2.32 bits per heavy atom. The summed E-state index contributed by atoms with van der Waals surface area (Å²) in [6.07, 6.45) is 2.53. The van der Waals surface area contributed by atoms with E-state index < -0.39 is 5.97 Å². The van der Waals surface area contributed by atoms with Crippen LogP contribution in [0.2, 0.25) is 0 Å². The van der Waals surface area contributed by atoms with Gasteiger partial charge in [0.25, 0.3) is 0 Å². The minimum Gasteiger partial charge on any atom is -0.481 e. The molecule has 0 radical (unpaired) electrons. The second kappa shape index (κ2) is 5.01. The zero-order valence-corrected chi connectivity index (χ0v) is 11.1. The summed E-state index contributed by atoms with van der Waals surface area (Å²) in [4.78, 5) is 18.8. The molecule has 0 spiro atoms. The number of hydrogen-bond acceptors (Lipinski definition) is 4. The van der Waals surface area contributed by atoms with Crippen LogP contribution >= 0.6 is 11.3 Å². The normalized spacial score (nSPS) is 18.1. The van der Waals surface area contributed by atoms with E-state index in [-0.39, 0.29) is 5.92 Å². The summed E-state index contributed by atoms with van der Waals surface area (Å²) in [5.41, 5.74) is 3.78. The van der Waals surface area contributed by atoms with Crippen LogP contribution in [0.4, 0.5) is 5.69 Å². The maximum absolute atomic E-state index is 11.3. The zero-order chi connectivity index (χ0) is 13.2. The number of rotatable bonds is 3. The predicted octanol–water partition coefficient (Wildman–Crippen LogP) is 2.72. The third-order valence-corrected chi connectivity index (χ3v) is 4.23. The lowest BCUT2D eigenvalue weighted by Crippen LogP contribution is -2.32. The fraction of sp³-hybridized carbons (Fsp3) is 0.286. The summed E-state index contributed by atoms with van der Waals surface area (Å²) >= 11 is 1.63. The van der Waals surface area contributed by atoms with Gasteiger partial charge in [-0.15, -0.1) is 11.3 Å². The molecule has 1 aliphatic rings. The van der Waals surface area contributed by atoms with Crippen LogP contribution in [0.15, 0.2) is 36.0 Å². The maximum atomic E-state index is 11.3. The van der Waals surface area contributed by atoms with Gasteiger partial charge in [-0.05, 0) is 18.1 Å². The van der Waals surface area contributed by atoms with Crippen LogP contribution < -0.4 is 4.90 Å². The highest BCUT2D eigenvalue weighted by Gasteiger charge is 2.29. The second-order valence-corrected chi connectivity index (χ2v) is 5.60. The monoisotopic (exact) mass is 274 g/mol. The van der Waals surface area contributed by atoms with Gasteiger partial charge in [-0.1, -0.05) is 18.2 Å². The van der Waals surface area contributed by atoms with E-state index in [1.54, 1.807) is 11.3 Å². The fourth-order valence-electron chi connectivity index (χ4n) is 2.56. The smallest absolute Gasteiger partial charge is 0.311 e. The molecule has 0 saturated carbocycles. The van der Waals surface area contributed by atoms with Gasteiger partial charge in [0.15, 0.2) is 0 Å². The Morgan fingerprint density at radius 3 is 3.05 bits per heavy atom. The topological polar surface area (TPSA) is 53.4 Å². The van der Waals surface area contributed by atoms with Gasteiger partial charge in [0.1, 0.15) is 0 Å². The van der Waals surface area contributed by atoms with E-state index in [4.69, 9.17) is 0 Å². The van der Waals surface area contributed by atoms with Gasteiger partial charge < -0.3 is 10.0 Å². The maximum Gasteiger partial charge on any atom is 0.311 e. The van der Waals surface area contributed by atoms with Gasteiger partial charge in [0.05, 0.1) is 18.0 Å². The molecule has 5 heteroatoms. The molecule has 0 aliphatic carbocycles. The van der Waals surface area contributed by atoms with Gasteiger partial charge in [0, 0.05) is 23.3 Å². The van der Waals surface area contributed by atoms with Crippen molar-refractivity contribution in [2.75, 3.05) is 11.4 Å². The third kappa shape index (κ3) is 2.33. The van der Waals surface area contributed by atoms with Crippen LogP contribution in [-0.2, 0) is 11.3 Å². The zero-order valence-electron chi connectivity index (χ0n) is 10.3. The van der Waals surface area contributed by atoms with Crippen molar-refractivity contribution in [1.29, 1.82) is 0 Å². The van der Waals surface area contributed by atoms with Crippen LogP contribution in [0.25, 0.3) is 0 Å². The molecule has 2 aromatic rings. The highest BCUT2D eigenvalue weighted by atomic mass is 32.1. The van der Waals surface area contributed by atoms with Crippen molar-refractivity contribution < 1.29 is 9.90 Å². The minimum atomic E-state index is -0.732. The Bertz CT molecular complexity index is 583. The number of carboxylic acids is 1. The van der Waals surface area contributed by atoms with Crippen molar-refractivity contribution in [3.63, 3.8) is 0 Å². The van der Waals surface area contributed by atoms with E-state index in [1.165, 1.54) is 4.88 Å². The summed E-state index contributed by atoms with van der Waals surface area (Å²) in [5.74, 6) is -1.11. The van der Waals surface area contributed by atoms with Gasteiger partial charge in [-0.2, -0.15) is 0 Å². The molecule has 1 aromatic carbocycles. The molecular formula is C14H14N2O2S. The average molecular weight is 274 g/mol. The number of hydrogen-bond donors (Lipinski definition) is 1. The quantitative estimate of drug-likeness (QED) is 0.935. The van der Waals surface area contributed by atoms with Crippen molar-refractivity contribution in [3.05, 3.63) is 46.4 Å². The minimum absolute atomic E-state index is 0.381. The van der Waals surface area contributed by atoms with Crippen LogP contribution in [0.1, 0.15) is 22.8 Å². The molecule has 1 unspecified atom stereocenters. The number of aromatic nitrogens is 1. The van der Waals surface area contributed by atoms with Gasteiger partial charge in [0.2, 0.25) is 0 Å². The SMILES string of the molecule is O=C(O)C1CCN(Cc2cncs2)c2ccccc21. The molecule has 1 aliphatic heterocycles. The van der Waals surface area contributed by atoms with E-state index in [1.807, 2.05) is 36.0 Å². The molecule has 98 valence electrons. The summed E-state index contributed by atoms with van der Waals surface area (Å²) in [7, 11) is 0. The van der Waals surface area contributed by atoms with Crippen LogP contribution in [0.3, 0.4) is 0 Å². The Morgan fingerprint density at radius 1 is 1.47 bits per heavy atom. The van der Waals surface area contributed by atoms with E-state index in [2.05, 4.69) is 9.88 Å². The van der Waals surface area contributed by atoms with Crippen molar-refractivity contribution in [2.45, 2.75) is 18.9 Å². The largest absolute Gasteiger partial charge is 0.481 e. The lowest BCUT2D eigenvalue weighted by molar-refractivity contribution is -0.139. The van der Waals surface area contributed by atoms with Gasteiger partial charge >= 0.3 is 5.97 Å². The first-order chi connectivity index (χ1) is 9.25. The Hall–Kier alpha value is -1.88. The second-order valence-electron chi connectivity index (χ2n) is 4.63. The third-order valence-electron chi connectivity index (χ3n) is 3.47. The van der Waals surface area contributed by atoms with Gasteiger partial charge in [-0.25, -0.2) is 0 Å². The highest BCUT2D eigenvalue weighted by Crippen LogP contribution is 2.36. The summed E-state index contributed by atoms with van der Waals surface area (Å²) in [6.45, 7) is 1.57. The molecule has 0 saturated heterocycles. The highest BCUT2D eigenvalue weighted by molar-refractivity contribution is 7.09. The fourth-order valence-corrected chi connectivity index (χ4v) is 3.17. The predicted molar refractivity (Wildman–Crippen MR) is 74.6 cm³/mol. The molecule has 19 heavy (non-hydrogen) atoms. The molecular weight excluding hydrogens is 260 g/mol. The molecule has 2 heterocycles. The van der Waals surface area contributed by atoms with E-state index >= 15 is 0 Å². The molecule has 1 N–H and O–H groups in total. The Balaban J connectivity index is 1.92. The molecule has 4 nitrogen and oxygen atoms in total. The molecule has 1 aromatic heterocycles. The van der Waals surface area contributed by atoms with Crippen LogP contribution in [-0.4, -0.2) is 22.6 Å². The number of para-hydroxylation sites is 1. The lowest BCUT2D eigenvalue weighted by Gasteiger charge is -2.33. The first-order valence-corrected chi connectivity index (χ1v) is 7.07. The lowest BCUT2D eigenvalue weighted by atomic mass is 9.90. The molecule has 0 bridgehead atoms. The number of carbonyl (C=O) groups is 1. The number of anilines is 1. The van der Waals surface area contributed by atoms with E-state index in [0.717, 1.165) is 24.3 Å². The van der Waals surface area contributed by atoms with Crippen LogP contribution in [0, 0.1) is 0 Å². The summed E-state index contributed by atoms with van der Waals surface area (Å²) in [6, 6.07) is 7.80. The molecule has 3 rings (SSSR count). The van der Waals surface area contributed by atoms with Crippen molar-refractivity contribution in [3.8, 4) is 0 Å². The number of benzene rings is 1. The number of nitrogens with zero attached hydrogens (tertiary/aromatic N) is 2. The van der Waals surface area contributed by atoms with Crippen molar-refractivity contribution in [2.24, 2.45) is 0 Å². The number of carboxylic acid groups (broad SMARTS) is 1. The van der Waals surface area contributed by atoms with Gasteiger partial charge in [-0.3, -0.25) is 9.78 Å². The number of aliphatic carboxylic acids is 1. The summed E-state index contributed by atoms with van der Waals surface area (Å²) < 4.78 is 0. The number of thiazole rings is 1. The Labute approximate surface area is 115 Å². The Kier molecular flexibility index (Phi) is 3.21. The average Bonchev–Trinajstić information content (AvgIpc) is 2.91. The first kappa shape index (κ1) is 12.2. The van der Waals surface area contributed by atoms with E-state index in [0.29, 0.717) is 6.42 Å². The molecule has 0 amide bonds. The van der Waals surface area contributed by atoms with Crippen molar-refractivity contribution >= 4 is 23.0 Å².